The van der Waals surface area contributed by atoms with E-state index < -0.39 is 6.23 Å². The molecule has 1 aliphatic rings. The van der Waals surface area contributed by atoms with Gasteiger partial charge >= 0.3 is 0 Å². The average Bonchev–Trinajstić information content (AvgIpc) is 2.80. The van der Waals surface area contributed by atoms with E-state index in [2.05, 4.69) is 25.9 Å². The summed E-state index contributed by atoms with van der Waals surface area (Å²) >= 11 is 6.46. The van der Waals surface area contributed by atoms with Crippen LogP contribution in [0.2, 0.25) is 5.02 Å². The molecule has 0 spiro atoms. The molecule has 1 atom stereocenters. The Morgan fingerprint density at radius 1 is 1.06 bits per heavy atom. The van der Waals surface area contributed by atoms with E-state index in [4.69, 9.17) is 11.6 Å². The van der Waals surface area contributed by atoms with E-state index in [-0.39, 0.29) is 5.82 Å². The molecule has 2 heterocycles. The van der Waals surface area contributed by atoms with Crippen LogP contribution in [0.3, 0.4) is 0 Å². The standard InChI is InChI=1S/C25H29ClFN5O/c1-16(33)30-19-8-10-20(11-9-19)31-25-13-21(22(26)15-29-25)23-6-3-7-24(32-23)28-14-17-4-2-5-18(27)12-17/h2-7,12-13,15-16,19-20,30,33H,8-11,14H2,1H3,(H,28,32)(H,29,31). The van der Waals surface area contributed by atoms with E-state index >= 15 is 0 Å². The van der Waals surface area contributed by atoms with Crippen molar-refractivity contribution in [1.82, 2.24) is 15.3 Å². The minimum Gasteiger partial charge on any atom is -0.379 e. The molecule has 0 radical (unpaired) electrons. The van der Waals surface area contributed by atoms with Crippen molar-refractivity contribution >= 4 is 23.2 Å². The van der Waals surface area contributed by atoms with Crippen LogP contribution in [0.15, 0.2) is 54.7 Å². The second kappa shape index (κ2) is 10.9. The van der Waals surface area contributed by atoms with Crippen molar-refractivity contribution in [2.75, 3.05) is 10.6 Å². The summed E-state index contributed by atoms with van der Waals surface area (Å²) in [7, 11) is 0. The average molecular weight is 470 g/mol. The molecule has 3 aromatic rings. The fourth-order valence-electron chi connectivity index (χ4n) is 4.19. The van der Waals surface area contributed by atoms with Crippen LogP contribution in [0.25, 0.3) is 11.3 Å². The van der Waals surface area contributed by atoms with Gasteiger partial charge in [-0.2, -0.15) is 0 Å². The molecule has 1 unspecified atom stereocenters. The highest BCUT2D eigenvalue weighted by Gasteiger charge is 2.22. The highest BCUT2D eigenvalue weighted by Crippen LogP contribution is 2.30. The molecule has 1 saturated carbocycles. The maximum absolute atomic E-state index is 13.4. The van der Waals surface area contributed by atoms with Crippen molar-refractivity contribution in [2.24, 2.45) is 0 Å². The van der Waals surface area contributed by atoms with Crippen molar-refractivity contribution in [3.8, 4) is 11.3 Å². The van der Waals surface area contributed by atoms with Crippen molar-refractivity contribution in [2.45, 2.75) is 57.5 Å². The fourth-order valence-corrected chi connectivity index (χ4v) is 4.39. The Hall–Kier alpha value is -2.74. The maximum atomic E-state index is 13.4. The summed E-state index contributed by atoms with van der Waals surface area (Å²) in [5.41, 5.74) is 2.38. The molecule has 0 saturated heterocycles. The van der Waals surface area contributed by atoms with Crippen LogP contribution in [0.1, 0.15) is 38.2 Å². The van der Waals surface area contributed by atoms with Gasteiger partial charge in [-0.05, 0) is 68.5 Å². The predicted octanol–water partition coefficient (Wildman–Crippen LogP) is 5.20. The molecule has 1 aliphatic carbocycles. The summed E-state index contributed by atoms with van der Waals surface area (Å²) in [4.78, 5) is 9.14. The SMILES string of the molecule is CC(O)NC1CCC(Nc2cc(-c3cccc(NCc4cccc(F)c4)n3)c(Cl)cn2)CC1. The topological polar surface area (TPSA) is 82.1 Å². The zero-order valence-corrected chi connectivity index (χ0v) is 19.3. The van der Waals surface area contributed by atoms with Crippen LogP contribution in [0.4, 0.5) is 16.0 Å². The van der Waals surface area contributed by atoms with E-state index in [1.165, 1.54) is 12.1 Å². The van der Waals surface area contributed by atoms with Gasteiger partial charge < -0.3 is 15.7 Å². The zero-order valence-electron chi connectivity index (χ0n) is 18.6. The number of aliphatic hydroxyl groups excluding tert-OH is 1. The maximum Gasteiger partial charge on any atom is 0.126 e. The summed E-state index contributed by atoms with van der Waals surface area (Å²) in [5, 5.41) is 20.0. The third-order valence-corrected chi connectivity index (χ3v) is 6.10. The molecule has 8 heteroatoms. The van der Waals surface area contributed by atoms with Gasteiger partial charge in [0.1, 0.15) is 23.7 Å². The predicted molar refractivity (Wildman–Crippen MR) is 131 cm³/mol. The molecule has 2 aromatic heterocycles. The van der Waals surface area contributed by atoms with E-state index in [1.54, 1.807) is 19.2 Å². The highest BCUT2D eigenvalue weighted by molar-refractivity contribution is 6.33. The summed E-state index contributed by atoms with van der Waals surface area (Å²) in [6.07, 6.45) is 5.18. The van der Waals surface area contributed by atoms with Crippen molar-refractivity contribution in [3.05, 3.63) is 71.1 Å². The molecule has 0 bridgehead atoms. The van der Waals surface area contributed by atoms with Crippen molar-refractivity contribution in [3.63, 3.8) is 0 Å². The van der Waals surface area contributed by atoms with E-state index in [1.807, 2.05) is 30.3 Å². The Bertz CT molecular complexity index is 1070. The first-order valence-electron chi connectivity index (χ1n) is 11.3. The quantitative estimate of drug-likeness (QED) is 0.339. The van der Waals surface area contributed by atoms with Crippen LogP contribution in [0, 0.1) is 5.82 Å². The third kappa shape index (κ3) is 6.63. The monoisotopic (exact) mass is 469 g/mol. The van der Waals surface area contributed by atoms with Gasteiger partial charge in [0.05, 0.1) is 10.7 Å². The Balaban J connectivity index is 1.42. The number of nitrogens with one attached hydrogen (secondary N) is 3. The Labute approximate surface area is 198 Å². The van der Waals surface area contributed by atoms with Crippen LogP contribution in [0.5, 0.6) is 0 Å². The molecule has 4 N–H and O–H groups in total. The second-order valence-electron chi connectivity index (χ2n) is 8.48. The normalized spacial score (nSPS) is 19.2. The number of halogens is 2. The summed E-state index contributed by atoms with van der Waals surface area (Å²) in [6, 6.07) is 14.8. The van der Waals surface area contributed by atoms with Gasteiger partial charge in [0.25, 0.3) is 0 Å². The van der Waals surface area contributed by atoms with Crippen LogP contribution >= 0.6 is 11.6 Å². The second-order valence-corrected chi connectivity index (χ2v) is 8.88. The fraction of sp³-hybridized carbons (Fsp3) is 0.360. The third-order valence-electron chi connectivity index (χ3n) is 5.80. The molecule has 4 rings (SSSR count). The zero-order chi connectivity index (χ0) is 23.2. The van der Waals surface area contributed by atoms with Crippen molar-refractivity contribution < 1.29 is 9.50 Å². The Kier molecular flexibility index (Phi) is 7.75. The van der Waals surface area contributed by atoms with Crippen LogP contribution in [-0.4, -0.2) is 33.4 Å². The van der Waals surface area contributed by atoms with E-state index in [0.717, 1.165) is 48.3 Å². The first-order chi connectivity index (χ1) is 16.0. The molecule has 1 aromatic carbocycles. The Morgan fingerprint density at radius 3 is 2.58 bits per heavy atom. The summed E-state index contributed by atoms with van der Waals surface area (Å²) in [5.74, 6) is 1.19. The summed E-state index contributed by atoms with van der Waals surface area (Å²) in [6.45, 7) is 2.22. The lowest BCUT2D eigenvalue weighted by atomic mass is 9.91. The van der Waals surface area contributed by atoms with Gasteiger partial charge in [0.15, 0.2) is 0 Å². The number of rotatable bonds is 8. The van der Waals surface area contributed by atoms with Gasteiger partial charge in [0, 0.05) is 30.4 Å². The number of pyridine rings is 2. The van der Waals surface area contributed by atoms with Crippen molar-refractivity contribution in [1.29, 1.82) is 0 Å². The van der Waals surface area contributed by atoms with Gasteiger partial charge in [-0.3, -0.25) is 5.32 Å². The lowest BCUT2D eigenvalue weighted by Crippen LogP contribution is -2.41. The number of aromatic nitrogens is 2. The van der Waals surface area contributed by atoms with Gasteiger partial charge in [0.2, 0.25) is 0 Å². The Morgan fingerprint density at radius 2 is 1.82 bits per heavy atom. The largest absolute Gasteiger partial charge is 0.379 e. The number of nitrogens with zero attached hydrogens (tertiary/aromatic N) is 2. The first-order valence-corrected chi connectivity index (χ1v) is 11.7. The van der Waals surface area contributed by atoms with E-state index in [0.29, 0.717) is 29.5 Å². The summed E-state index contributed by atoms with van der Waals surface area (Å²) < 4.78 is 13.4. The first kappa shape index (κ1) is 23.4. The number of benzene rings is 1. The molecule has 0 amide bonds. The van der Waals surface area contributed by atoms with Crippen LogP contribution in [-0.2, 0) is 6.54 Å². The number of hydrogen-bond donors (Lipinski definition) is 4. The molecule has 1 fully saturated rings. The molecule has 33 heavy (non-hydrogen) atoms. The lowest BCUT2D eigenvalue weighted by Gasteiger charge is -2.31. The minimum absolute atomic E-state index is 0.257. The number of hydrogen-bond acceptors (Lipinski definition) is 6. The molecule has 174 valence electrons. The number of aliphatic hydroxyl groups is 1. The molecule has 6 nitrogen and oxygen atoms in total. The molecular weight excluding hydrogens is 441 g/mol. The van der Waals surface area contributed by atoms with Crippen LogP contribution < -0.4 is 16.0 Å². The molecular formula is C25H29ClFN5O. The smallest absolute Gasteiger partial charge is 0.126 e. The van der Waals surface area contributed by atoms with Gasteiger partial charge in [-0.15, -0.1) is 0 Å². The van der Waals surface area contributed by atoms with Gasteiger partial charge in [-0.1, -0.05) is 29.8 Å². The van der Waals surface area contributed by atoms with Gasteiger partial charge in [-0.25, -0.2) is 14.4 Å². The highest BCUT2D eigenvalue weighted by atomic mass is 35.5. The number of anilines is 2. The lowest BCUT2D eigenvalue weighted by molar-refractivity contribution is 0.129. The minimum atomic E-state index is -0.480. The molecule has 0 aliphatic heterocycles. The van der Waals surface area contributed by atoms with E-state index in [9.17, 15) is 9.50 Å².